The summed E-state index contributed by atoms with van der Waals surface area (Å²) in [6, 6.07) is 18.5. The molecule has 174 valence electrons. The second-order valence-electron chi connectivity index (χ2n) is 8.53. The average Bonchev–Trinajstić information content (AvgIpc) is 3.51. The number of rotatable bonds is 7. The summed E-state index contributed by atoms with van der Waals surface area (Å²) in [6.07, 6.45) is 2.20. The number of benzene rings is 2. The normalized spacial score (nSPS) is 15.6. The summed E-state index contributed by atoms with van der Waals surface area (Å²) in [7, 11) is 1.93. The average molecular weight is 474 g/mol. The van der Waals surface area contributed by atoms with Crippen LogP contribution in [-0.2, 0) is 16.6 Å². The van der Waals surface area contributed by atoms with Crippen LogP contribution in [0.1, 0.15) is 18.4 Å². The van der Waals surface area contributed by atoms with Gasteiger partial charge in [0.2, 0.25) is 5.91 Å². The summed E-state index contributed by atoms with van der Waals surface area (Å²) in [5.74, 6) is 1.00. The standard InChI is InChI=1S/C26H27N5O2S/c1-17-9-11-18(12-10-17)23-14-21(20-7-3-4-8-22(20)28-23)25-29-30-26(31(25)2)34-16-24(32)27-15-19-6-5-13-33-19/h3-4,7-12,14,19H,5-6,13,15-16H2,1-2H3,(H,27,32)/t19-/m0/s1. The summed E-state index contributed by atoms with van der Waals surface area (Å²) < 4.78 is 7.51. The van der Waals surface area contributed by atoms with Crippen molar-refractivity contribution in [2.24, 2.45) is 7.05 Å². The highest BCUT2D eigenvalue weighted by atomic mass is 32.2. The Kier molecular flexibility index (Phi) is 6.60. The molecule has 1 aliphatic heterocycles. The highest BCUT2D eigenvalue weighted by Gasteiger charge is 2.19. The second-order valence-corrected chi connectivity index (χ2v) is 9.47. The van der Waals surface area contributed by atoms with Gasteiger partial charge >= 0.3 is 0 Å². The van der Waals surface area contributed by atoms with Crippen molar-refractivity contribution in [1.29, 1.82) is 0 Å². The molecule has 7 nitrogen and oxygen atoms in total. The molecule has 1 amide bonds. The molecule has 3 heterocycles. The van der Waals surface area contributed by atoms with Crippen LogP contribution >= 0.6 is 11.8 Å². The largest absolute Gasteiger partial charge is 0.376 e. The number of thioether (sulfide) groups is 1. The first-order chi connectivity index (χ1) is 16.6. The van der Waals surface area contributed by atoms with E-state index in [9.17, 15) is 4.79 Å². The lowest BCUT2D eigenvalue weighted by atomic mass is 10.0. The monoisotopic (exact) mass is 473 g/mol. The van der Waals surface area contributed by atoms with Crippen LogP contribution in [0.2, 0.25) is 0 Å². The third-order valence-electron chi connectivity index (χ3n) is 6.02. The third kappa shape index (κ3) is 4.83. The number of carbonyl (C=O) groups is 1. The van der Waals surface area contributed by atoms with Gasteiger partial charge in [-0.1, -0.05) is 59.8 Å². The number of aryl methyl sites for hydroxylation is 1. The minimum Gasteiger partial charge on any atom is -0.376 e. The highest BCUT2D eigenvalue weighted by Crippen LogP contribution is 2.32. The predicted molar refractivity (Wildman–Crippen MR) is 135 cm³/mol. The third-order valence-corrected chi connectivity index (χ3v) is 7.04. The number of hydrogen-bond donors (Lipinski definition) is 1. The van der Waals surface area contributed by atoms with Gasteiger partial charge in [-0.25, -0.2) is 4.98 Å². The fourth-order valence-corrected chi connectivity index (χ4v) is 4.86. The van der Waals surface area contributed by atoms with Crippen molar-refractivity contribution < 1.29 is 9.53 Å². The van der Waals surface area contributed by atoms with E-state index in [0.717, 1.165) is 53.0 Å². The molecular weight excluding hydrogens is 446 g/mol. The van der Waals surface area contributed by atoms with Crippen LogP contribution in [0.3, 0.4) is 0 Å². The fourth-order valence-electron chi connectivity index (χ4n) is 4.12. The van der Waals surface area contributed by atoms with E-state index in [4.69, 9.17) is 9.72 Å². The lowest BCUT2D eigenvalue weighted by Gasteiger charge is -2.11. The van der Waals surface area contributed by atoms with E-state index < -0.39 is 0 Å². The van der Waals surface area contributed by atoms with Crippen LogP contribution < -0.4 is 5.32 Å². The van der Waals surface area contributed by atoms with Crippen LogP contribution in [0.25, 0.3) is 33.5 Å². The molecule has 1 N–H and O–H groups in total. The van der Waals surface area contributed by atoms with E-state index in [0.29, 0.717) is 11.7 Å². The number of fused-ring (bicyclic) bond motifs is 1. The molecule has 1 saturated heterocycles. The van der Waals surface area contributed by atoms with Gasteiger partial charge in [0.25, 0.3) is 0 Å². The van der Waals surface area contributed by atoms with Crippen molar-refractivity contribution in [2.45, 2.75) is 31.0 Å². The van der Waals surface area contributed by atoms with Gasteiger partial charge in [-0.05, 0) is 31.9 Å². The van der Waals surface area contributed by atoms with Gasteiger partial charge < -0.3 is 14.6 Å². The molecule has 4 aromatic rings. The maximum absolute atomic E-state index is 12.3. The van der Waals surface area contributed by atoms with Crippen LogP contribution in [-0.4, -0.2) is 50.7 Å². The number of carbonyl (C=O) groups excluding carboxylic acids is 1. The molecule has 5 rings (SSSR count). The molecule has 0 unspecified atom stereocenters. The summed E-state index contributed by atoms with van der Waals surface area (Å²) in [5, 5.41) is 13.5. The number of hydrogen-bond acceptors (Lipinski definition) is 6. The summed E-state index contributed by atoms with van der Waals surface area (Å²) in [6.45, 7) is 3.42. The maximum atomic E-state index is 12.3. The Hall–Kier alpha value is -3.23. The van der Waals surface area contributed by atoms with Gasteiger partial charge in [0.15, 0.2) is 11.0 Å². The van der Waals surface area contributed by atoms with Crippen molar-refractivity contribution in [3.05, 3.63) is 60.2 Å². The number of para-hydroxylation sites is 1. The molecule has 8 heteroatoms. The first-order valence-corrected chi connectivity index (χ1v) is 12.4. The summed E-state index contributed by atoms with van der Waals surface area (Å²) >= 11 is 1.38. The molecule has 0 spiro atoms. The fraction of sp³-hybridized carbons (Fsp3) is 0.308. The van der Waals surface area contributed by atoms with Crippen LogP contribution in [0, 0.1) is 6.92 Å². The minimum absolute atomic E-state index is 0.0268. The summed E-state index contributed by atoms with van der Waals surface area (Å²) in [4.78, 5) is 17.2. The molecule has 0 bridgehead atoms. The smallest absolute Gasteiger partial charge is 0.230 e. The molecule has 34 heavy (non-hydrogen) atoms. The van der Waals surface area contributed by atoms with Crippen molar-refractivity contribution >= 4 is 28.6 Å². The first-order valence-electron chi connectivity index (χ1n) is 11.5. The van der Waals surface area contributed by atoms with Crippen LogP contribution in [0.5, 0.6) is 0 Å². The van der Waals surface area contributed by atoms with E-state index in [1.165, 1.54) is 17.3 Å². The SMILES string of the molecule is Cc1ccc(-c2cc(-c3nnc(SCC(=O)NC[C@@H]4CCCO4)n3C)c3ccccc3n2)cc1. The number of pyridine rings is 1. The zero-order valence-corrected chi connectivity index (χ0v) is 20.1. The molecular formula is C26H27N5O2S. The molecule has 0 aliphatic carbocycles. The van der Waals surface area contributed by atoms with Crippen molar-refractivity contribution in [3.63, 3.8) is 0 Å². The topological polar surface area (TPSA) is 81.9 Å². The Morgan fingerprint density at radius 3 is 2.79 bits per heavy atom. The zero-order valence-electron chi connectivity index (χ0n) is 19.3. The molecule has 1 atom stereocenters. The van der Waals surface area contributed by atoms with E-state index in [2.05, 4.69) is 58.8 Å². The van der Waals surface area contributed by atoms with Gasteiger partial charge in [-0.2, -0.15) is 0 Å². The number of ether oxygens (including phenoxy) is 1. The molecule has 1 fully saturated rings. The van der Waals surface area contributed by atoms with Gasteiger partial charge in [-0.15, -0.1) is 10.2 Å². The van der Waals surface area contributed by atoms with Gasteiger partial charge in [0, 0.05) is 36.7 Å². The number of aromatic nitrogens is 4. The van der Waals surface area contributed by atoms with Crippen molar-refractivity contribution in [1.82, 2.24) is 25.1 Å². The number of amides is 1. The lowest BCUT2D eigenvalue weighted by molar-refractivity contribution is -0.119. The highest BCUT2D eigenvalue weighted by molar-refractivity contribution is 7.99. The Labute approximate surface area is 203 Å². The van der Waals surface area contributed by atoms with E-state index in [-0.39, 0.29) is 17.8 Å². The molecule has 1 aliphatic rings. The van der Waals surface area contributed by atoms with E-state index in [1.807, 2.05) is 29.8 Å². The second kappa shape index (κ2) is 9.95. The molecule has 0 radical (unpaired) electrons. The zero-order chi connectivity index (χ0) is 23.5. The molecule has 2 aromatic heterocycles. The Morgan fingerprint density at radius 2 is 2.00 bits per heavy atom. The number of nitrogens with zero attached hydrogens (tertiary/aromatic N) is 4. The van der Waals surface area contributed by atoms with E-state index in [1.54, 1.807) is 0 Å². The quantitative estimate of drug-likeness (QED) is 0.401. The van der Waals surface area contributed by atoms with Crippen molar-refractivity contribution in [2.75, 3.05) is 18.9 Å². The van der Waals surface area contributed by atoms with Crippen LogP contribution in [0.4, 0.5) is 0 Å². The Balaban J connectivity index is 1.39. The molecule has 2 aromatic carbocycles. The lowest BCUT2D eigenvalue weighted by Crippen LogP contribution is -2.32. The van der Waals surface area contributed by atoms with Gasteiger partial charge in [0.1, 0.15) is 0 Å². The van der Waals surface area contributed by atoms with Gasteiger partial charge in [-0.3, -0.25) is 4.79 Å². The Bertz CT molecular complexity index is 1310. The van der Waals surface area contributed by atoms with E-state index >= 15 is 0 Å². The first kappa shape index (κ1) is 22.6. The molecule has 0 saturated carbocycles. The minimum atomic E-state index is -0.0268. The van der Waals surface area contributed by atoms with Crippen LogP contribution in [0.15, 0.2) is 59.8 Å². The maximum Gasteiger partial charge on any atom is 0.230 e. The Morgan fingerprint density at radius 1 is 1.18 bits per heavy atom. The summed E-state index contributed by atoms with van der Waals surface area (Å²) in [5.41, 5.74) is 5.02. The predicted octanol–water partition coefficient (Wildman–Crippen LogP) is 4.39. The van der Waals surface area contributed by atoms with Gasteiger partial charge in [0.05, 0.1) is 23.1 Å². The van der Waals surface area contributed by atoms with Crippen molar-refractivity contribution in [3.8, 4) is 22.6 Å². The number of nitrogens with one attached hydrogen (secondary N) is 1.